The molecule has 2 rings (SSSR count). The Bertz CT molecular complexity index is 586. The highest BCUT2D eigenvalue weighted by molar-refractivity contribution is 6.33. The van der Waals surface area contributed by atoms with Gasteiger partial charge in [-0.15, -0.1) is 0 Å². The number of rotatable bonds is 2. The molecular formula is C11H9Cl3N4O2. The number of carboxylic acids is 1. The fourth-order valence-corrected chi connectivity index (χ4v) is 1.61. The number of aliphatic carboxylic acids is 1. The highest BCUT2D eigenvalue weighted by atomic mass is 35.5. The highest BCUT2D eigenvalue weighted by Gasteiger charge is 2.05. The summed E-state index contributed by atoms with van der Waals surface area (Å²) in [7, 11) is 0. The Kier molecular flexibility index (Phi) is 6.44. The molecule has 2 aromatic rings. The van der Waals surface area contributed by atoms with Gasteiger partial charge in [-0.2, -0.15) is 15.0 Å². The number of halogens is 3. The molecule has 0 amide bonds. The van der Waals surface area contributed by atoms with Gasteiger partial charge in [-0.05, 0) is 35.3 Å². The minimum atomic E-state index is -0.833. The van der Waals surface area contributed by atoms with E-state index >= 15 is 0 Å². The quantitative estimate of drug-likeness (QED) is 0.870. The van der Waals surface area contributed by atoms with Crippen LogP contribution < -0.4 is 5.32 Å². The first-order valence-electron chi connectivity index (χ1n) is 5.16. The zero-order chi connectivity index (χ0) is 15.1. The summed E-state index contributed by atoms with van der Waals surface area (Å²) in [6, 6.07) is 7.18. The minimum absolute atomic E-state index is 0.0227. The largest absolute Gasteiger partial charge is 0.481 e. The van der Waals surface area contributed by atoms with Crippen molar-refractivity contribution in [1.29, 1.82) is 0 Å². The third kappa shape index (κ3) is 6.01. The van der Waals surface area contributed by atoms with E-state index in [1.807, 2.05) is 12.1 Å². The van der Waals surface area contributed by atoms with Crippen molar-refractivity contribution in [3.63, 3.8) is 0 Å². The van der Waals surface area contributed by atoms with Crippen molar-refractivity contribution in [2.45, 2.75) is 6.92 Å². The van der Waals surface area contributed by atoms with Crippen molar-refractivity contribution < 1.29 is 9.90 Å². The van der Waals surface area contributed by atoms with E-state index in [2.05, 4.69) is 20.3 Å². The van der Waals surface area contributed by atoms with Gasteiger partial charge in [-0.3, -0.25) is 4.79 Å². The molecular weight excluding hydrogens is 327 g/mol. The molecule has 0 saturated carbocycles. The van der Waals surface area contributed by atoms with Gasteiger partial charge in [-0.1, -0.05) is 23.7 Å². The molecule has 6 nitrogen and oxygen atoms in total. The summed E-state index contributed by atoms with van der Waals surface area (Å²) < 4.78 is 0. The predicted molar refractivity (Wildman–Crippen MR) is 77.9 cm³/mol. The molecule has 0 aliphatic heterocycles. The number of hydrogen-bond donors (Lipinski definition) is 2. The summed E-state index contributed by atoms with van der Waals surface area (Å²) in [5.74, 6) is -0.585. The van der Waals surface area contributed by atoms with Crippen LogP contribution in [-0.4, -0.2) is 26.0 Å². The van der Waals surface area contributed by atoms with Crippen LogP contribution in [0.15, 0.2) is 24.3 Å². The van der Waals surface area contributed by atoms with Crippen LogP contribution in [0.25, 0.3) is 0 Å². The topological polar surface area (TPSA) is 88.0 Å². The molecule has 2 N–H and O–H groups in total. The number of nitrogens with one attached hydrogen (secondary N) is 1. The Morgan fingerprint density at radius 3 is 2.10 bits per heavy atom. The number of carbonyl (C=O) groups is 1. The lowest BCUT2D eigenvalue weighted by Crippen LogP contribution is -1.99. The van der Waals surface area contributed by atoms with E-state index in [0.717, 1.165) is 6.92 Å². The maximum absolute atomic E-state index is 9.00. The zero-order valence-electron chi connectivity index (χ0n) is 10.1. The molecule has 0 aliphatic rings. The second-order valence-corrected chi connectivity index (χ2v) is 4.40. The zero-order valence-corrected chi connectivity index (χ0v) is 12.4. The molecule has 1 aromatic heterocycles. The number of nitrogens with zero attached hydrogens (tertiary/aromatic N) is 3. The van der Waals surface area contributed by atoms with Crippen LogP contribution in [0.2, 0.25) is 15.6 Å². The van der Waals surface area contributed by atoms with E-state index in [9.17, 15) is 0 Å². The Balaban J connectivity index is 0.000000444. The summed E-state index contributed by atoms with van der Waals surface area (Å²) in [6.07, 6.45) is 0. The standard InChI is InChI=1S/C9H5Cl3N4.C2H4O2/c10-5-3-1-2-4-6(5)13-9-15-7(11)14-8(12)16-9;1-2(3)4/h1-4H,(H,13,14,15,16);1H3,(H,3,4). The lowest BCUT2D eigenvalue weighted by atomic mass is 10.3. The third-order valence-electron chi connectivity index (χ3n) is 1.70. The van der Waals surface area contributed by atoms with Crippen LogP contribution in [0, 0.1) is 0 Å². The normalized spacial score (nSPS) is 9.40. The predicted octanol–water partition coefficient (Wildman–Crippen LogP) is 3.67. The van der Waals surface area contributed by atoms with Crippen molar-refractivity contribution in [3.8, 4) is 0 Å². The van der Waals surface area contributed by atoms with Crippen molar-refractivity contribution in [1.82, 2.24) is 15.0 Å². The van der Waals surface area contributed by atoms with Gasteiger partial charge >= 0.3 is 0 Å². The second kappa shape index (κ2) is 7.84. The molecule has 0 fully saturated rings. The van der Waals surface area contributed by atoms with Crippen molar-refractivity contribution >= 4 is 52.4 Å². The Morgan fingerprint density at radius 2 is 1.60 bits per heavy atom. The molecule has 0 aliphatic carbocycles. The smallest absolute Gasteiger partial charge is 0.300 e. The van der Waals surface area contributed by atoms with Crippen molar-refractivity contribution in [3.05, 3.63) is 39.9 Å². The van der Waals surface area contributed by atoms with E-state index in [4.69, 9.17) is 44.7 Å². The Morgan fingerprint density at radius 1 is 1.10 bits per heavy atom. The number of aromatic nitrogens is 3. The average Bonchev–Trinajstić information content (AvgIpc) is 2.30. The fourth-order valence-electron chi connectivity index (χ4n) is 1.06. The lowest BCUT2D eigenvalue weighted by Gasteiger charge is -2.06. The van der Waals surface area contributed by atoms with Gasteiger partial charge < -0.3 is 10.4 Å². The minimum Gasteiger partial charge on any atom is -0.481 e. The summed E-state index contributed by atoms with van der Waals surface area (Å²) in [5, 5.41) is 10.9. The number of anilines is 2. The van der Waals surface area contributed by atoms with E-state index < -0.39 is 5.97 Å². The molecule has 20 heavy (non-hydrogen) atoms. The van der Waals surface area contributed by atoms with Gasteiger partial charge in [-0.25, -0.2) is 0 Å². The number of para-hydroxylation sites is 1. The van der Waals surface area contributed by atoms with E-state index in [1.54, 1.807) is 12.1 Å². The van der Waals surface area contributed by atoms with Crippen LogP contribution in [0.3, 0.4) is 0 Å². The number of benzene rings is 1. The van der Waals surface area contributed by atoms with E-state index in [1.165, 1.54) is 0 Å². The molecule has 1 aromatic carbocycles. The van der Waals surface area contributed by atoms with Crippen molar-refractivity contribution in [2.75, 3.05) is 5.32 Å². The van der Waals surface area contributed by atoms with Gasteiger partial charge in [0.2, 0.25) is 16.5 Å². The number of hydrogen-bond acceptors (Lipinski definition) is 5. The first-order valence-corrected chi connectivity index (χ1v) is 6.30. The van der Waals surface area contributed by atoms with Gasteiger partial charge in [0.1, 0.15) is 0 Å². The molecule has 0 unspecified atom stereocenters. The Hall–Kier alpha value is -1.63. The monoisotopic (exact) mass is 334 g/mol. The first-order chi connectivity index (χ1) is 9.38. The molecule has 0 saturated heterocycles. The summed E-state index contributed by atoms with van der Waals surface area (Å²) >= 11 is 17.2. The molecule has 0 radical (unpaired) electrons. The first kappa shape index (κ1) is 16.4. The van der Waals surface area contributed by atoms with Crippen LogP contribution in [0.1, 0.15) is 6.92 Å². The maximum Gasteiger partial charge on any atom is 0.300 e. The van der Waals surface area contributed by atoms with Gasteiger partial charge in [0.05, 0.1) is 10.7 Å². The maximum atomic E-state index is 9.00. The number of carboxylic acid groups (broad SMARTS) is 1. The molecule has 0 bridgehead atoms. The summed E-state index contributed by atoms with van der Waals surface area (Å²) in [5.41, 5.74) is 0.669. The molecule has 106 valence electrons. The van der Waals surface area contributed by atoms with Crippen LogP contribution in [0.4, 0.5) is 11.6 Å². The second-order valence-electron chi connectivity index (χ2n) is 3.32. The van der Waals surface area contributed by atoms with Gasteiger partial charge in [0.15, 0.2) is 0 Å². The molecule has 0 spiro atoms. The molecule has 0 atom stereocenters. The van der Waals surface area contributed by atoms with Crippen molar-refractivity contribution in [2.24, 2.45) is 0 Å². The fraction of sp³-hybridized carbons (Fsp3) is 0.0909. The molecule has 9 heteroatoms. The van der Waals surface area contributed by atoms with Crippen LogP contribution >= 0.6 is 34.8 Å². The van der Waals surface area contributed by atoms with Crippen LogP contribution in [0.5, 0.6) is 0 Å². The molecule has 1 heterocycles. The Labute approximate surface area is 129 Å². The highest BCUT2D eigenvalue weighted by Crippen LogP contribution is 2.23. The van der Waals surface area contributed by atoms with Gasteiger partial charge in [0, 0.05) is 6.92 Å². The lowest BCUT2D eigenvalue weighted by molar-refractivity contribution is -0.134. The van der Waals surface area contributed by atoms with E-state index in [-0.39, 0.29) is 16.5 Å². The van der Waals surface area contributed by atoms with Gasteiger partial charge in [0.25, 0.3) is 5.97 Å². The third-order valence-corrected chi connectivity index (χ3v) is 2.37. The van der Waals surface area contributed by atoms with E-state index in [0.29, 0.717) is 10.7 Å². The summed E-state index contributed by atoms with van der Waals surface area (Å²) in [6.45, 7) is 1.08. The average molecular weight is 336 g/mol. The summed E-state index contributed by atoms with van der Waals surface area (Å²) in [4.78, 5) is 20.4. The van der Waals surface area contributed by atoms with Crippen LogP contribution in [-0.2, 0) is 4.79 Å². The SMILES string of the molecule is CC(=O)O.Clc1nc(Cl)nc(Nc2ccccc2Cl)n1.